The fraction of sp³-hybridized carbons (Fsp3) is 1.00. The first kappa shape index (κ1) is 13.5. The molecular weight excluding hydrogens is 200 g/mol. The molecule has 0 bridgehead atoms. The quantitative estimate of drug-likeness (QED) is 0.516. The first-order valence-corrected chi connectivity index (χ1v) is 8.39. The Kier molecular flexibility index (Phi) is 4.98. The summed E-state index contributed by atoms with van der Waals surface area (Å²) in [5, 5.41) is 0.299. The van der Waals surface area contributed by atoms with Gasteiger partial charge in [-0.25, -0.2) is 0 Å². The van der Waals surface area contributed by atoms with Crippen LogP contribution < -0.4 is 0 Å². The van der Waals surface area contributed by atoms with E-state index in [1.54, 1.807) is 0 Å². The lowest BCUT2D eigenvalue weighted by molar-refractivity contribution is 0.196. The molecule has 0 spiro atoms. The highest BCUT2D eigenvalue weighted by Crippen LogP contribution is 2.37. The third kappa shape index (κ3) is 4.48. The molecule has 0 aliphatic rings. The fourth-order valence-corrected chi connectivity index (χ4v) is 2.68. The predicted molar refractivity (Wildman–Crippen MR) is 63.1 cm³/mol. The molecule has 0 radical (unpaired) electrons. The van der Waals surface area contributed by atoms with E-state index in [9.17, 15) is 0 Å². The normalized spacial score (nSPS) is 15.9. The first-order chi connectivity index (χ1) is 5.70. The first-order valence-electron chi connectivity index (χ1n) is 4.94. The highest BCUT2D eigenvalue weighted by molar-refractivity contribution is 6.74. The van der Waals surface area contributed by atoms with Crippen molar-refractivity contribution in [3.8, 4) is 0 Å². The Hall–Kier alpha value is 0.467. The van der Waals surface area contributed by atoms with Gasteiger partial charge < -0.3 is 4.43 Å². The van der Waals surface area contributed by atoms with Gasteiger partial charge in [-0.2, -0.15) is 0 Å². The summed E-state index contributed by atoms with van der Waals surface area (Å²) in [5.41, 5.74) is 0. The molecule has 0 N–H and O–H groups in total. The van der Waals surface area contributed by atoms with E-state index in [1.165, 1.54) is 0 Å². The van der Waals surface area contributed by atoms with Gasteiger partial charge in [-0.05, 0) is 31.5 Å². The van der Waals surface area contributed by atoms with Crippen molar-refractivity contribution >= 4 is 19.9 Å². The fourth-order valence-electron chi connectivity index (χ4n) is 0.892. The lowest BCUT2D eigenvalue weighted by atomic mass is 10.2. The van der Waals surface area contributed by atoms with Gasteiger partial charge in [0.25, 0.3) is 0 Å². The van der Waals surface area contributed by atoms with E-state index in [1.807, 2.05) is 0 Å². The Labute approximate surface area is 88.9 Å². The second kappa shape index (κ2) is 4.81. The molecule has 0 saturated heterocycles. The molecule has 13 heavy (non-hydrogen) atoms. The zero-order valence-corrected chi connectivity index (χ0v) is 11.5. The van der Waals surface area contributed by atoms with Gasteiger partial charge in [0.2, 0.25) is 0 Å². The van der Waals surface area contributed by atoms with E-state index in [2.05, 4.69) is 40.8 Å². The van der Waals surface area contributed by atoms with Crippen molar-refractivity contribution in [2.24, 2.45) is 0 Å². The maximum Gasteiger partial charge on any atom is 0.192 e. The van der Waals surface area contributed by atoms with Crippen LogP contribution in [0.15, 0.2) is 0 Å². The summed E-state index contributed by atoms with van der Waals surface area (Å²) >= 11 is 5.67. The van der Waals surface area contributed by atoms with E-state index in [0.717, 1.165) is 6.42 Å². The summed E-state index contributed by atoms with van der Waals surface area (Å²) in [6.07, 6.45) is 1.26. The minimum absolute atomic E-state index is 0.299. The molecule has 0 aromatic heterocycles. The van der Waals surface area contributed by atoms with Gasteiger partial charge in [0.1, 0.15) is 0 Å². The highest BCUT2D eigenvalue weighted by Gasteiger charge is 2.38. The Morgan fingerprint density at radius 2 is 1.77 bits per heavy atom. The van der Waals surface area contributed by atoms with Gasteiger partial charge in [0, 0.05) is 12.0 Å². The van der Waals surface area contributed by atoms with E-state index >= 15 is 0 Å². The van der Waals surface area contributed by atoms with Crippen LogP contribution in [-0.4, -0.2) is 20.3 Å². The molecule has 1 atom stereocenters. The van der Waals surface area contributed by atoms with Crippen LogP contribution >= 0.6 is 11.6 Å². The second-order valence-corrected chi connectivity index (χ2v) is 10.3. The molecule has 1 nitrogen and oxygen atoms in total. The lowest BCUT2D eigenvalue weighted by Gasteiger charge is -2.38. The van der Waals surface area contributed by atoms with E-state index in [4.69, 9.17) is 16.0 Å². The van der Waals surface area contributed by atoms with Crippen LogP contribution in [0.3, 0.4) is 0 Å². The highest BCUT2D eigenvalue weighted by atomic mass is 35.5. The molecule has 3 heteroatoms. The van der Waals surface area contributed by atoms with Crippen molar-refractivity contribution in [1.82, 2.24) is 0 Å². The van der Waals surface area contributed by atoms with Crippen LogP contribution in [0.25, 0.3) is 0 Å². The monoisotopic (exact) mass is 222 g/mol. The summed E-state index contributed by atoms with van der Waals surface area (Å²) in [4.78, 5) is 0. The molecule has 0 aliphatic carbocycles. The average molecular weight is 223 g/mol. The molecule has 0 heterocycles. The molecule has 0 saturated carbocycles. The molecule has 0 fully saturated rings. The van der Waals surface area contributed by atoms with Crippen LogP contribution in [0.5, 0.6) is 0 Å². The second-order valence-electron chi connectivity index (χ2n) is 5.17. The predicted octanol–water partition coefficient (Wildman–Crippen LogP) is 4.03. The van der Waals surface area contributed by atoms with Crippen LogP contribution in [0.2, 0.25) is 18.1 Å². The number of hydrogen-bond acceptors (Lipinski definition) is 1. The molecular formula is C10H23ClOSi. The maximum atomic E-state index is 6.10. The van der Waals surface area contributed by atoms with Crippen LogP contribution in [-0.2, 0) is 4.43 Å². The zero-order chi connectivity index (χ0) is 10.7. The molecule has 1 unspecified atom stereocenters. The lowest BCUT2D eigenvalue weighted by Crippen LogP contribution is -2.43. The Morgan fingerprint density at radius 1 is 1.31 bits per heavy atom. The smallest absolute Gasteiger partial charge is 0.192 e. The summed E-state index contributed by atoms with van der Waals surface area (Å²) in [7, 11) is -1.56. The van der Waals surface area contributed by atoms with Crippen LogP contribution in [0.1, 0.15) is 34.1 Å². The topological polar surface area (TPSA) is 9.23 Å². The van der Waals surface area contributed by atoms with E-state index in [-0.39, 0.29) is 0 Å². The summed E-state index contributed by atoms with van der Waals surface area (Å²) in [6.45, 7) is 13.4. The molecule has 0 amide bonds. The minimum atomic E-state index is -1.56. The molecule has 0 aliphatic heterocycles. The SMILES string of the molecule is CC(CCCl)O[Si](C)(C)C(C)(C)C. The van der Waals surface area contributed by atoms with Gasteiger partial charge in [0.05, 0.1) is 0 Å². The number of halogens is 1. The van der Waals surface area contributed by atoms with Gasteiger partial charge in [-0.3, -0.25) is 0 Å². The largest absolute Gasteiger partial charge is 0.414 e. The number of rotatable bonds is 4. The van der Waals surface area contributed by atoms with Crippen molar-refractivity contribution in [3.63, 3.8) is 0 Å². The van der Waals surface area contributed by atoms with Crippen LogP contribution in [0.4, 0.5) is 0 Å². The molecule has 0 rings (SSSR count). The molecule has 0 aromatic carbocycles. The van der Waals surface area contributed by atoms with E-state index in [0.29, 0.717) is 17.0 Å². The van der Waals surface area contributed by atoms with Crippen molar-refractivity contribution in [2.75, 3.05) is 5.88 Å². The minimum Gasteiger partial charge on any atom is -0.414 e. The van der Waals surface area contributed by atoms with Crippen molar-refractivity contribution in [3.05, 3.63) is 0 Å². The third-order valence-electron chi connectivity index (χ3n) is 2.82. The number of alkyl halides is 1. The van der Waals surface area contributed by atoms with Gasteiger partial charge >= 0.3 is 0 Å². The summed E-state index contributed by atoms with van der Waals surface area (Å²) in [6, 6.07) is 0. The summed E-state index contributed by atoms with van der Waals surface area (Å²) in [5.74, 6) is 0.690. The van der Waals surface area contributed by atoms with Crippen molar-refractivity contribution in [1.29, 1.82) is 0 Å². The standard InChI is InChI=1S/C10H23ClOSi/c1-9(7-8-11)12-13(5,6)10(2,3)4/h9H,7-8H2,1-6H3. The molecule has 0 aromatic rings. The molecule has 80 valence electrons. The summed E-state index contributed by atoms with van der Waals surface area (Å²) < 4.78 is 6.10. The van der Waals surface area contributed by atoms with Gasteiger partial charge in [-0.15, -0.1) is 11.6 Å². The average Bonchev–Trinajstić information content (AvgIpc) is 1.83. The van der Waals surface area contributed by atoms with Crippen molar-refractivity contribution < 1.29 is 4.43 Å². The third-order valence-corrected chi connectivity index (χ3v) is 7.64. The Balaban J connectivity index is 4.17. The van der Waals surface area contributed by atoms with Gasteiger partial charge in [-0.1, -0.05) is 20.8 Å². The Morgan fingerprint density at radius 3 is 2.08 bits per heavy atom. The van der Waals surface area contributed by atoms with Crippen LogP contribution in [0, 0.1) is 0 Å². The van der Waals surface area contributed by atoms with Crippen molar-refractivity contribution in [2.45, 2.75) is 58.4 Å². The zero-order valence-electron chi connectivity index (χ0n) is 9.78. The van der Waals surface area contributed by atoms with Gasteiger partial charge in [0.15, 0.2) is 8.32 Å². The number of hydrogen-bond donors (Lipinski definition) is 0. The maximum absolute atomic E-state index is 6.10. The Bertz CT molecular complexity index is 151. The van der Waals surface area contributed by atoms with E-state index < -0.39 is 8.32 Å².